The van der Waals surface area contributed by atoms with Crippen LogP contribution in [0.2, 0.25) is 0 Å². The molecular weight excluding hydrogens is 326 g/mol. The molecule has 0 fully saturated rings. The highest BCUT2D eigenvalue weighted by Crippen LogP contribution is 2.18. The summed E-state index contributed by atoms with van der Waals surface area (Å²) in [6.07, 6.45) is 2.81. The molecule has 1 aromatic heterocycles. The molecule has 0 amide bonds. The third kappa shape index (κ3) is 7.79. The highest BCUT2D eigenvalue weighted by Gasteiger charge is 2.17. The summed E-state index contributed by atoms with van der Waals surface area (Å²) >= 11 is 0. The second-order valence-electron chi connectivity index (χ2n) is 7.42. The van der Waals surface area contributed by atoms with E-state index in [1.54, 1.807) is 6.26 Å². The quantitative estimate of drug-likeness (QED) is 0.359. The van der Waals surface area contributed by atoms with E-state index in [1.165, 1.54) is 0 Å². The van der Waals surface area contributed by atoms with E-state index in [-0.39, 0.29) is 6.04 Å². The number of hydrogen-bond donors (Lipinski definition) is 2. The molecule has 0 spiro atoms. The van der Waals surface area contributed by atoms with Crippen LogP contribution in [0.15, 0.2) is 27.8 Å². The average molecular weight is 366 g/mol. The van der Waals surface area contributed by atoms with Gasteiger partial charge in [-0.15, -0.1) is 0 Å². The Morgan fingerprint density at radius 2 is 1.85 bits per heavy atom. The fraction of sp³-hybridized carbons (Fsp3) is 0.750. The molecule has 0 bridgehead atoms. The lowest BCUT2D eigenvalue weighted by atomic mass is 10.2. The van der Waals surface area contributed by atoms with E-state index in [2.05, 4.69) is 69.1 Å². The predicted molar refractivity (Wildman–Crippen MR) is 111 cm³/mol. The zero-order chi connectivity index (χ0) is 19.5. The van der Waals surface area contributed by atoms with Gasteiger partial charge in [0.2, 0.25) is 0 Å². The van der Waals surface area contributed by atoms with Crippen LogP contribution in [0.25, 0.3) is 0 Å². The van der Waals surface area contributed by atoms with Gasteiger partial charge in [0.15, 0.2) is 5.96 Å². The van der Waals surface area contributed by atoms with Gasteiger partial charge in [0.05, 0.1) is 18.8 Å². The first-order chi connectivity index (χ1) is 12.4. The molecule has 1 heterocycles. The minimum absolute atomic E-state index is 0.137. The van der Waals surface area contributed by atoms with Gasteiger partial charge in [-0.05, 0) is 67.3 Å². The van der Waals surface area contributed by atoms with Crippen LogP contribution in [0.4, 0.5) is 0 Å². The zero-order valence-corrected chi connectivity index (χ0v) is 17.7. The molecule has 6 nitrogen and oxygen atoms in total. The lowest BCUT2D eigenvalue weighted by Crippen LogP contribution is -2.41. The molecule has 6 heteroatoms. The third-order valence-electron chi connectivity index (χ3n) is 4.47. The number of hydrogen-bond acceptors (Lipinski definition) is 4. The summed E-state index contributed by atoms with van der Waals surface area (Å²) in [5.74, 6) is 1.81. The Morgan fingerprint density at radius 1 is 1.15 bits per heavy atom. The molecule has 1 unspecified atom stereocenters. The second-order valence-corrected chi connectivity index (χ2v) is 7.42. The Balaban J connectivity index is 2.55. The molecule has 150 valence electrons. The molecule has 0 saturated carbocycles. The van der Waals surface area contributed by atoms with Crippen LogP contribution in [-0.2, 0) is 0 Å². The maximum atomic E-state index is 5.56. The largest absolute Gasteiger partial charge is 0.468 e. The van der Waals surface area contributed by atoms with Crippen molar-refractivity contribution < 1.29 is 4.42 Å². The SMILES string of the molecule is CCNC(=NCC(c1ccco1)N(C)C)NCCCN(C(C)C)C(C)C. The third-order valence-corrected chi connectivity index (χ3v) is 4.47. The average Bonchev–Trinajstić information content (AvgIpc) is 3.07. The molecule has 0 aliphatic carbocycles. The van der Waals surface area contributed by atoms with Gasteiger partial charge in [-0.3, -0.25) is 14.8 Å². The number of nitrogens with one attached hydrogen (secondary N) is 2. The van der Waals surface area contributed by atoms with E-state index < -0.39 is 0 Å². The van der Waals surface area contributed by atoms with Gasteiger partial charge >= 0.3 is 0 Å². The van der Waals surface area contributed by atoms with E-state index in [4.69, 9.17) is 9.41 Å². The van der Waals surface area contributed by atoms with Gasteiger partial charge in [0.25, 0.3) is 0 Å². The Kier molecular flexibility index (Phi) is 10.4. The molecule has 26 heavy (non-hydrogen) atoms. The molecule has 0 saturated heterocycles. The highest BCUT2D eigenvalue weighted by atomic mass is 16.3. The molecule has 0 radical (unpaired) electrons. The number of likely N-dealkylation sites (N-methyl/N-ethyl adjacent to an activating group) is 1. The second kappa shape index (κ2) is 12.0. The van der Waals surface area contributed by atoms with Crippen molar-refractivity contribution >= 4 is 5.96 Å². The van der Waals surface area contributed by atoms with Crippen LogP contribution in [0.1, 0.15) is 52.8 Å². The fourth-order valence-electron chi connectivity index (χ4n) is 3.09. The molecule has 1 aromatic rings. The van der Waals surface area contributed by atoms with Crippen LogP contribution in [-0.4, -0.2) is 68.1 Å². The maximum absolute atomic E-state index is 5.56. The van der Waals surface area contributed by atoms with E-state index in [1.807, 2.05) is 12.1 Å². The van der Waals surface area contributed by atoms with Crippen molar-refractivity contribution in [1.82, 2.24) is 20.4 Å². The van der Waals surface area contributed by atoms with Crippen LogP contribution in [0, 0.1) is 0 Å². The summed E-state index contributed by atoms with van der Waals surface area (Å²) in [6.45, 7) is 14.6. The number of aliphatic imine (C=N–C) groups is 1. The summed E-state index contributed by atoms with van der Waals surface area (Å²) in [6, 6.07) is 5.22. The summed E-state index contributed by atoms with van der Waals surface area (Å²) in [5, 5.41) is 6.79. The molecule has 0 aromatic carbocycles. The van der Waals surface area contributed by atoms with Crippen molar-refractivity contribution in [3.63, 3.8) is 0 Å². The van der Waals surface area contributed by atoms with Crippen LogP contribution < -0.4 is 10.6 Å². The first-order valence-electron chi connectivity index (χ1n) is 9.84. The lowest BCUT2D eigenvalue weighted by Gasteiger charge is -2.30. The number of guanidine groups is 1. The molecule has 1 rings (SSSR count). The first kappa shape index (κ1) is 22.5. The van der Waals surface area contributed by atoms with E-state index in [0.717, 1.165) is 37.8 Å². The van der Waals surface area contributed by atoms with Gasteiger partial charge in [-0.2, -0.15) is 0 Å². The van der Waals surface area contributed by atoms with Crippen molar-refractivity contribution in [2.24, 2.45) is 4.99 Å². The summed E-state index contributed by atoms with van der Waals surface area (Å²) in [5.41, 5.74) is 0. The molecule has 1 atom stereocenters. The standard InChI is InChI=1S/C20H39N5O/c1-8-21-20(22-12-10-13-25(16(2)3)17(4)5)23-15-18(24(6)7)19-11-9-14-26-19/h9,11,14,16-18H,8,10,12-13,15H2,1-7H3,(H2,21,22,23). The van der Waals surface area contributed by atoms with Crippen LogP contribution in [0.5, 0.6) is 0 Å². The Hall–Kier alpha value is -1.53. The number of rotatable bonds is 11. The molecule has 0 aliphatic heterocycles. The topological polar surface area (TPSA) is 56.0 Å². The summed E-state index contributed by atoms with van der Waals surface area (Å²) in [4.78, 5) is 9.41. The minimum atomic E-state index is 0.137. The normalized spacial score (nSPS) is 13.9. The van der Waals surface area contributed by atoms with E-state index >= 15 is 0 Å². The lowest BCUT2D eigenvalue weighted by molar-refractivity contribution is 0.173. The highest BCUT2D eigenvalue weighted by molar-refractivity contribution is 5.79. The van der Waals surface area contributed by atoms with Gasteiger partial charge < -0.3 is 15.1 Å². The van der Waals surface area contributed by atoms with E-state index in [9.17, 15) is 0 Å². The monoisotopic (exact) mass is 365 g/mol. The Labute approximate surface area is 160 Å². The predicted octanol–water partition coefficient (Wildman–Crippen LogP) is 2.95. The maximum Gasteiger partial charge on any atom is 0.191 e. The smallest absolute Gasteiger partial charge is 0.191 e. The molecule has 0 aliphatic rings. The fourth-order valence-corrected chi connectivity index (χ4v) is 3.09. The zero-order valence-electron chi connectivity index (χ0n) is 17.7. The van der Waals surface area contributed by atoms with Crippen molar-refractivity contribution in [2.45, 2.75) is 59.2 Å². The van der Waals surface area contributed by atoms with Crippen molar-refractivity contribution in [1.29, 1.82) is 0 Å². The van der Waals surface area contributed by atoms with Gasteiger partial charge in [0.1, 0.15) is 5.76 Å². The van der Waals surface area contributed by atoms with Crippen molar-refractivity contribution in [2.75, 3.05) is 40.3 Å². The Bertz CT molecular complexity index is 488. The van der Waals surface area contributed by atoms with Crippen LogP contribution >= 0.6 is 0 Å². The number of furan rings is 1. The summed E-state index contributed by atoms with van der Waals surface area (Å²) < 4.78 is 5.56. The number of nitrogens with zero attached hydrogens (tertiary/aromatic N) is 3. The first-order valence-corrected chi connectivity index (χ1v) is 9.84. The van der Waals surface area contributed by atoms with Crippen LogP contribution in [0.3, 0.4) is 0 Å². The van der Waals surface area contributed by atoms with Gasteiger partial charge in [-0.1, -0.05) is 0 Å². The van der Waals surface area contributed by atoms with Gasteiger partial charge in [0, 0.05) is 31.7 Å². The minimum Gasteiger partial charge on any atom is -0.468 e. The van der Waals surface area contributed by atoms with Gasteiger partial charge in [-0.25, -0.2) is 0 Å². The Morgan fingerprint density at radius 3 is 2.35 bits per heavy atom. The molecule has 2 N–H and O–H groups in total. The molecular formula is C20H39N5O. The van der Waals surface area contributed by atoms with E-state index in [0.29, 0.717) is 18.6 Å². The van der Waals surface area contributed by atoms with Crippen molar-refractivity contribution in [3.8, 4) is 0 Å². The van der Waals surface area contributed by atoms with Crippen molar-refractivity contribution in [3.05, 3.63) is 24.2 Å². The summed E-state index contributed by atoms with van der Waals surface area (Å²) in [7, 11) is 4.10.